The van der Waals surface area contributed by atoms with Crippen molar-refractivity contribution >= 4 is 43.9 Å². The van der Waals surface area contributed by atoms with Crippen LogP contribution in [0.2, 0.25) is 0 Å². The first-order valence-electron chi connectivity index (χ1n) is 7.91. The van der Waals surface area contributed by atoms with Crippen LogP contribution in [0.4, 0.5) is 5.69 Å². The quantitative estimate of drug-likeness (QED) is 0.736. The zero-order valence-corrected chi connectivity index (χ0v) is 15.2. The third-order valence-corrected chi connectivity index (χ3v) is 7.44. The second-order valence-electron chi connectivity index (χ2n) is 6.48. The molecule has 2 atom stereocenters. The van der Waals surface area contributed by atoms with Crippen LogP contribution in [0, 0.1) is 26.7 Å². The average Bonchev–Trinajstić information content (AvgIpc) is 2.97. The fourth-order valence-electron chi connectivity index (χ4n) is 3.17. The van der Waals surface area contributed by atoms with Gasteiger partial charge in [-0.3, -0.25) is 0 Å². The molecule has 0 amide bonds. The third-order valence-electron chi connectivity index (χ3n) is 4.94. The lowest BCUT2D eigenvalue weighted by atomic mass is 10.1. The number of nitrogens with two attached hydrogens (primary N) is 1. The highest BCUT2D eigenvalue weighted by Gasteiger charge is 2.43. The van der Waals surface area contributed by atoms with Crippen LogP contribution in [0.3, 0.4) is 0 Å². The number of fused-ring (bicyclic) bond motifs is 2. The van der Waals surface area contributed by atoms with Gasteiger partial charge < -0.3 is 10.3 Å². The summed E-state index contributed by atoms with van der Waals surface area (Å²) < 4.78 is 5.48. The van der Waals surface area contributed by atoms with Crippen molar-refractivity contribution in [2.75, 3.05) is 5.73 Å². The second-order valence-corrected chi connectivity index (χ2v) is 8.76. The maximum atomic E-state index is 6.41. The van der Waals surface area contributed by atoms with E-state index in [-0.39, 0.29) is 0 Å². The van der Waals surface area contributed by atoms with Gasteiger partial charge in [0.25, 0.3) is 5.89 Å². The molecule has 24 heavy (non-hydrogen) atoms. The van der Waals surface area contributed by atoms with Crippen molar-refractivity contribution < 1.29 is 4.52 Å². The molecule has 1 aliphatic carbocycles. The molecule has 1 aliphatic heterocycles. The molecule has 4 heterocycles. The smallest absolute Gasteiger partial charge is 0.264 e. The van der Waals surface area contributed by atoms with Crippen molar-refractivity contribution in [2.45, 2.75) is 32.4 Å². The molecule has 0 radical (unpaired) electrons. The number of thiophene rings is 1. The van der Waals surface area contributed by atoms with Crippen LogP contribution in [0.1, 0.15) is 29.1 Å². The summed E-state index contributed by atoms with van der Waals surface area (Å²) in [5.41, 5.74) is 10.5. The monoisotopic (exact) mass is 356 g/mol. The number of nitrogen functional groups attached to an aromatic ring is 1. The van der Waals surface area contributed by atoms with Crippen LogP contribution in [0.15, 0.2) is 10.6 Å². The first kappa shape index (κ1) is 14.5. The highest BCUT2D eigenvalue weighted by atomic mass is 32.2. The van der Waals surface area contributed by atoms with Crippen molar-refractivity contribution in [1.82, 2.24) is 15.1 Å². The Balaban J connectivity index is 1.62. The van der Waals surface area contributed by atoms with E-state index >= 15 is 0 Å². The summed E-state index contributed by atoms with van der Waals surface area (Å²) in [5.74, 6) is 1.87. The van der Waals surface area contributed by atoms with Gasteiger partial charge in [0, 0.05) is 16.3 Å². The van der Waals surface area contributed by atoms with E-state index in [9.17, 15) is 0 Å². The number of pyridine rings is 1. The van der Waals surface area contributed by atoms with Crippen molar-refractivity contribution in [3.8, 4) is 10.7 Å². The highest BCUT2D eigenvalue weighted by molar-refractivity contribution is 8.09. The molecule has 5 nitrogen and oxygen atoms in total. The van der Waals surface area contributed by atoms with Gasteiger partial charge in [-0.05, 0) is 44.2 Å². The van der Waals surface area contributed by atoms with E-state index in [0.717, 1.165) is 30.9 Å². The minimum absolute atomic E-state index is 0.558. The topological polar surface area (TPSA) is 77.8 Å². The average molecular weight is 356 g/mol. The molecule has 7 heteroatoms. The Bertz CT molecular complexity index is 1030. The predicted octanol–water partition coefficient (Wildman–Crippen LogP) is 4.33. The Hall–Kier alpha value is -1.86. The molecular weight excluding hydrogens is 340 g/mol. The number of hydrogen-bond acceptors (Lipinski definition) is 7. The summed E-state index contributed by atoms with van der Waals surface area (Å²) in [5, 5.41) is 5.90. The maximum Gasteiger partial charge on any atom is 0.264 e. The summed E-state index contributed by atoms with van der Waals surface area (Å²) >= 11 is 3.37. The van der Waals surface area contributed by atoms with E-state index in [0.29, 0.717) is 23.3 Å². The number of hydrogen-bond donors (Lipinski definition) is 1. The Morgan fingerprint density at radius 3 is 2.79 bits per heavy atom. The minimum atomic E-state index is 0.558. The van der Waals surface area contributed by atoms with E-state index in [1.54, 1.807) is 0 Å². The molecule has 122 valence electrons. The summed E-state index contributed by atoms with van der Waals surface area (Å²) in [7, 11) is 0. The zero-order chi connectivity index (χ0) is 16.6. The molecule has 2 unspecified atom stereocenters. The van der Waals surface area contributed by atoms with Gasteiger partial charge in [-0.15, -0.1) is 23.1 Å². The number of aryl methyl sites for hydroxylation is 2. The van der Waals surface area contributed by atoms with Crippen LogP contribution in [-0.2, 0) is 0 Å². The van der Waals surface area contributed by atoms with Crippen LogP contribution < -0.4 is 5.73 Å². The highest BCUT2D eigenvalue weighted by Crippen LogP contribution is 2.55. The number of aromatic nitrogens is 3. The van der Waals surface area contributed by atoms with E-state index < -0.39 is 0 Å². The third kappa shape index (κ3) is 1.97. The summed E-state index contributed by atoms with van der Waals surface area (Å²) in [6, 6.07) is 0. The SMILES string of the molecule is Cc1nc2sc(-c3noc(C4=CC5CC5S4)n3)c(N)c2c(C)c1C. The van der Waals surface area contributed by atoms with Gasteiger partial charge in [0.05, 0.1) is 10.6 Å². The van der Waals surface area contributed by atoms with Crippen LogP contribution >= 0.6 is 23.1 Å². The molecule has 0 bridgehead atoms. The lowest BCUT2D eigenvalue weighted by Gasteiger charge is -2.05. The molecule has 1 fully saturated rings. The van der Waals surface area contributed by atoms with Gasteiger partial charge >= 0.3 is 0 Å². The molecule has 5 rings (SSSR count). The largest absolute Gasteiger partial charge is 0.397 e. The molecule has 3 aromatic rings. The fourth-order valence-corrected chi connectivity index (χ4v) is 5.63. The van der Waals surface area contributed by atoms with Gasteiger partial charge in [-0.25, -0.2) is 4.98 Å². The molecule has 2 aliphatic rings. The molecule has 3 aromatic heterocycles. The number of allylic oxidation sites excluding steroid dienone is 1. The fraction of sp³-hybridized carbons (Fsp3) is 0.353. The lowest BCUT2D eigenvalue weighted by molar-refractivity contribution is 0.410. The van der Waals surface area contributed by atoms with E-state index in [4.69, 9.17) is 10.3 Å². The van der Waals surface area contributed by atoms with Gasteiger partial charge in [0.1, 0.15) is 9.71 Å². The molecule has 2 N–H and O–H groups in total. The van der Waals surface area contributed by atoms with Crippen molar-refractivity contribution in [1.29, 1.82) is 0 Å². The van der Waals surface area contributed by atoms with Crippen molar-refractivity contribution in [2.24, 2.45) is 5.92 Å². The van der Waals surface area contributed by atoms with Crippen molar-refractivity contribution in [3.63, 3.8) is 0 Å². The Kier molecular flexibility index (Phi) is 2.91. The number of thioether (sulfide) groups is 1. The van der Waals surface area contributed by atoms with E-state index in [2.05, 4.69) is 35.0 Å². The molecule has 0 aromatic carbocycles. The molecule has 0 spiro atoms. The number of rotatable bonds is 2. The summed E-state index contributed by atoms with van der Waals surface area (Å²) in [4.78, 5) is 12.1. The van der Waals surface area contributed by atoms with Gasteiger partial charge in [0.2, 0.25) is 5.82 Å². The Labute approximate surface area is 147 Å². The van der Waals surface area contributed by atoms with Crippen LogP contribution in [-0.4, -0.2) is 20.4 Å². The molecule has 1 saturated carbocycles. The van der Waals surface area contributed by atoms with E-state index in [1.165, 1.54) is 28.9 Å². The molecular formula is C17H16N4OS2. The minimum Gasteiger partial charge on any atom is -0.397 e. The normalized spacial score (nSPS) is 22.0. The zero-order valence-electron chi connectivity index (χ0n) is 13.6. The number of nitrogens with zero attached hydrogens (tertiary/aromatic N) is 3. The Morgan fingerprint density at radius 1 is 1.21 bits per heavy atom. The predicted molar refractivity (Wildman–Crippen MR) is 99.0 cm³/mol. The second kappa shape index (κ2) is 4.83. The Morgan fingerprint density at radius 2 is 2.04 bits per heavy atom. The van der Waals surface area contributed by atoms with Gasteiger partial charge in [-0.1, -0.05) is 11.2 Å². The van der Waals surface area contributed by atoms with Gasteiger partial charge in [-0.2, -0.15) is 4.98 Å². The lowest BCUT2D eigenvalue weighted by Crippen LogP contribution is -1.94. The summed E-state index contributed by atoms with van der Waals surface area (Å²) in [6.07, 6.45) is 3.53. The molecule has 0 saturated heterocycles. The van der Waals surface area contributed by atoms with E-state index in [1.807, 2.05) is 18.7 Å². The maximum absolute atomic E-state index is 6.41. The van der Waals surface area contributed by atoms with Gasteiger partial charge in [0.15, 0.2) is 0 Å². The standard InChI is InChI=1S/C17H16N4OS2/c1-6-7(2)12-13(18)14(24-17(12)19-8(6)3)15-20-16(22-21-15)11-5-9-4-10(9)23-11/h5,9-10H,4,18H2,1-3H3. The number of anilines is 1. The van der Waals surface area contributed by atoms with Crippen molar-refractivity contribution in [3.05, 3.63) is 28.8 Å². The van der Waals surface area contributed by atoms with Crippen LogP contribution in [0.25, 0.3) is 25.8 Å². The van der Waals surface area contributed by atoms with Crippen LogP contribution in [0.5, 0.6) is 0 Å². The summed E-state index contributed by atoms with van der Waals surface area (Å²) in [6.45, 7) is 6.20. The first-order valence-corrected chi connectivity index (χ1v) is 9.61. The first-order chi connectivity index (χ1) is 11.5.